The summed E-state index contributed by atoms with van der Waals surface area (Å²) in [6.45, 7) is 6.46. The summed E-state index contributed by atoms with van der Waals surface area (Å²) in [4.78, 5) is 2.49. The molecule has 1 aliphatic heterocycles. The fourth-order valence-corrected chi connectivity index (χ4v) is 2.53. The third-order valence-electron chi connectivity index (χ3n) is 3.26. The Morgan fingerprint density at radius 2 is 2.35 bits per heavy atom. The molecule has 3 nitrogen and oxygen atoms in total. The maximum Gasteiger partial charge on any atom is 0.124 e. The molecular weight excluding hydrogens is 280 g/mol. The molecule has 0 bridgehead atoms. The molecule has 2 rings (SSSR count). The fourth-order valence-electron chi connectivity index (χ4n) is 2.19. The van der Waals surface area contributed by atoms with Crippen molar-refractivity contribution in [2.75, 3.05) is 26.7 Å². The highest BCUT2D eigenvalue weighted by Crippen LogP contribution is 2.25. The van der Waals surface area contributed by atoms with Gasteiger partial charge in [0, 0.05) is 42.3 Å². The molecule has 0 spiro atoms. The van der Waals surface area contributed by atoms with Crippen LogP contribution in [0.1, 0.15) is 12.5 Å². The summed E-state index contributed by atoms with van der Waals surface area (Å²) >= 11 is 3.47. The molecule has 0 unspecified atom stereocenters. The second kappa shape index (κ2) is 5.85. The van der Waals surface area contributed by atoms with E-state index in [2.05, 4.69) is 45.2 Å². The molecule has 1 aromatic rings. The van der Waals surface area contributed by atoms with Crippen LogP contribution in [0.5, 0.6) is 5.75 Å². The maximum atomic E-state index is 5.43. The monoisotopic (exact) mass is 298 g/mol. The third-order valence-corrected chi connectivity index (χ3v) is 3.75. The van der Waals surface area contributed by atoms with E-state index in [1.807, 2.05) is 6.07 Å². The highest BCUT2D eigenvalue weighted by molar-refractivity contribution is 9.10. The number of benzene rings is 1. The molecule has 1 aliphatic rings. The second-order valence-electron chi connectivity index (χ2n) is 4.48. The van der Waals surface area contributed by atoms with E-state index in [4.69, 9.17) is 4.74 Å². The van der Waals surface area contributed by atoms with Crippen LogP contribution in [0.25, 0.3) is 0 Å². The van der Waals surface area contributed by atoms with E-state index < -0.39 is 0 Å². The van der Waals surface area contributed by atoms with Crippen molar-refractivity contribution in [2.24, 2.45) is 0 Å². The molecule has 1 heterocycles. The number of nitrogens with zero attached hydrogens (tertiary/aromatic N) is 1. The average molecular weight is 299 g/mol. The lowest BCUT2D eigenvalue weighted by Crippen LogP contribution is -2.49. The van der Waals surface area contributed by atoms with Gasteiger partial charge in [0.1, 0.15) is 5.75 Å². The molecular formula is C13H19BrN2O. The van der Waals surface area contributed by atoms with Gasteiger partial charge >= 0.3 is 0 Å². The van der Waals surface area contributed by atoms with E-state index in [1.54, 1.807) is 7.11 Å². The first-order chi connectivity index (χ1) is 8.20. The van der Waals surface area contributed by atoms with Crippen molar-refractivity contribution in [3.05, 3.63) is 28.2 Å². The average Bonchev–Trinajstić information content (AvgIpc) is 2.34. The van der Waals surface area contributed by atoms with Crippen LogP contribution < -0.4 is 10.1 Å². The maximum absolute atomic E-state index is 5.43. The van der Waals surface area contributed by atoms with Crippen LogP contribution in [0, 0.1) is 0 Å². The van der Waals surface area contributed by atoms with Crippen LogP contribution in [-0.4, -0.2) is 37.7 Å². The number of nitrogens with one attached hydrogen (secondary N) is 1. The Balaban J connectivity index is 2.11. The highest BCUT2D eigenvalue weighted by atomic mass is 79.9. The van der Waals surface area contributed by atoms with Crippen LogP contribution in [0.4, 0.5) is 0 Å². The predicted molar refractivity (Wildman–Crippen MR) is 73.4 cm³/mol. The van der Waals surface area contributed by atoms with Crippen LogP contribution in [0.15, 0.2) is 22.7 Å². The molecule has 1 N–H and O–H groups in total. The summed E-state index contributed by atoms with van der Waals surface area (Å²) in [5.74, 6) is 0.963. The molecule has 0 aliphatic carbocycles. The lowest BCUT2D eigenvalue weighted by Gasteiger charge is -2.34. The molecule has 0 aromatic heterocycles. The molecule has 1 atom stereocenters. The van der Waals surface area contributed by atoms with Gasteiger partial charge in [-0.05, 0) is 19.1 Å². The Hall–Kier alpha value is -0.580. The number of ether oxygens (including phenoxy) is 1. The molecule has 1 fully saturated rings. The van der Waals surface area contributed by atoms with E-state index in [1.165, 1.54) is 5.56 Å². The number of halogens is 1. The molecule has 0 amide bonds. The number of hydrogen-bond acceptors (Lipinski definition) is 3. The second-order valence-corrected chi connectivity index (χ2v) is 5.40. The zero-order chi connectivity index (χ0) is 12.3. The van der Waals surface area contributed by atoms with Crippen molar-refractivity contribution >= 4 is 15.9 Å². The van der Waals surface area contributed by atoms with Crippen molar-refractivity contribution in [1.29, 1.82) is 0 Å². The van der Waals surface area contributed by atoms with Crippen molar-refractivity contribution in [3.63, 3.8) is 0 Å². The summed E-state index contributed by atoms with van der Waals surface area (Å²) in [6.07, 6.45) is 0. The summed E-state index contributed by atoms with van der Waals surface area (Å²) in [6, 6.07) is 6.82. The van der Waals surface area contributed by atoms with Crippen LogP contribution in [-0.2, 0) is 6.54 Å². The van der Waals surface area contributed by atoms with Gasteiger partial charge in [-0.3, -0.25) is 4.90 Å². The summed E-state index contributed by atoms with van der Waals surface area (Å²) in [5, 5.41) is 3.41. The minimum Gasteiger partial charge on any atom is -0.496 e. The van der Waals surface area contributed by atoms with Gasteiger partial charge in [0.25, 0.3) is 0 Å². The fraction of sp³-hybridized carbons (Fsp3) is 0.538. The van der Waals surface area contributed by atoms with Crippen molar-refractivity contribution in [3.8, 4) is 5.75 Å². The largest absolute Gasteiger partial charge is 0.496 e. The van der Waals surface area contributed by atoms with Gasteiger partial charge < -0.3 is 10.1 Å². The zero-order valence-corrected chi connectivity index (χ0v) is 12.0. The molecule has 17 heavy (non-hydrogen) atoms. The van der Waals surface area contributed by atoms with Crippen molar-refractivity contribution in [2.45, 2.75) is 19.5 Å². The first-order valence-corrected chi connectivity index (χ1v) is 6.77. The standard InChI is InChI=1S/C13H19BrN2O/c1-10-8-15-5-6-16(10)9-11-3-4-12(14)7-13(11)17-2/h3-4,7,10,15H,5-6,8-9H2,1-2H3/t10-/m1/s1. The van der Waals surface area contributed by atoms with E-state index in [0.29, 0.717) is 6.04 Å². The van der Waals surface area contributed by atoms with Gasteiger partial charge in [0.15, 0.2) is 0 Å². The SMILES string of the molecule is COc1cc(Br)ccc1CN1CCNC[C@H]1C. The third kappa shape index (κ3) is 3.21. The lowest BCUT2D eigenvalue weighted by atomic mass is 10.1. The van der Waals surface area contributed by atoms with Crippen LogP contribution in [0.3, 0.4) is 0 Å². The first-order valence-electron chi connectivity index (χ1n) is 5.98. The highest BCUT2D eigenvalue weighted by Gasteiger charge is 2.19. The molecule has 4 heteroatoms. The number of rotatable bonds is 3. The Morgan fingerprint density at radius 3 is 3.06 bits per heavy atom. The van der Waals surface area contributed by atoms with Crippen LogP contribution >= 0.6 is 15.9 Å². The topological polar surface area (TPSA) is 24.5 Å². The summed E-state index contributed by atoms with van der Waals surface area (Å²) in [5.41, 5.74) is 1.25. The van der Waals surface area contributed by atoms with Gasteiger partial charge in [-0.15, -0.1) is 0 Å². The Bertz CT molecular complexity index is 384. The van der Waals surface area contributed by atoms with Gasteiger partial charge in [-0.25, -0.2) is 0 Å². The summed E-state index contributed by atoms with van der Waals surface area (Å²) < 4.78 is 6.49. The van der Waals surface area contributed by atoms with Gasteiger partial charge in [-0.1, -0.05) is 22.0 Å². The molecule has 0 saturated carbocycles. The number of methoxy groups -OCH3 is 1. The van der Waals surface area contributed by atoms with E-state index in [0.717, 1.165) is 36.4 Å². The van der Waals surface area contributed by atoms with Gasteiger partial charge in [0.2, 0.25) is 0 Å². The normalized spacial score (nSPS) is 21.5. The molecule has 0 radical (unpaired) electrons. The van der Waals surface area contributed by atoms with Crippen molar-refractivity contribution < 1.29 is 4.74 Å². The predicted octanol–water partition coefficient (Wildman–Crippen LogP) is 2.25. The number of hydrogen-bond donors (Lipinski definition) is 1. The lowest BCUT2D eigenvalue weighted by molar-refractivity contribution is 0.164. The van der Waals surface area contributed by atoms with Gasteiger partial charge in [-0.2, -0.15) is 0 Å². The first kappa shape index (κ1) is 12.9. The minimum atomic E-state index is 0.581. The van der Waals surface area contributed by atoms with Crippen LogP contribution in [0.2, 0.25) is 0 Å². The Kier molecular flexibility index (Phi) is 4.42. The Morgan fingerprint density at radius 1 is 1.53 bits per heavy atom. The number of piperazine rings is 1. The minimum absolute atomic E-state index is 0.581. The zero-order valence-electron chi connectivity index (χ0n) is 10.4. The molecule has 94 valence electrons. The molecule has 1 saturated heterocycles. The van der Waals surface area contributed by atoms with Crippen molar-refractivity contribution in [1.82, 2.24) is 10.2 Å². The molecule has 1 aromatic carbocycles. The van der Waals surface area contributed by atoms with E-state index in [9.17, 15) is 0 Å². The smallest absolute Gasteiger partial charge is 0.124 e. The van der Waals surface area contributed by atoms with E-state index >= 15 is 0 Å². The Labute approximate surface area is 111 Å². The summed E-state index contributed by atoms with van der Waals surface area (Å²) in [7, 11) is 1.73. The van der Waals surface area contributed by atoms with E-state index in [-0.39, 0.29) is 0 Å². The van der Waals surface area contributed by atoms with Gasteiger partial charge in [0.05, 0.1) is 7.11 Å². The quantitative estimate of drug-likeness (QED) is 0.926.